The Hall–Kier alpha value is -1.34. The van der Waals surface area contributed by atoms with Gasteiger partial charge in [0, 0.05) is 0 Å². The Balaban J connectivity index is 2.20. The molecule has 0 atom stereocenters. The molecule has 17 heavy (non-hydrogen) atoms. The molecule has 0 fully saturated rings. The van der Waals surface area contributed by atoms with Crippen LogP contribution >= 0.6 is 0 Å². The summed E-state index contributed by atoms with van der Waals surface area (Å²) < 4.78 is 1.02. The van der Waals surface area contributed by atoms with Gasteiger partial charge in [-0.05, 0) is 0 Å². The molecule has 86 valence electrons. The van der Waals surface area contributed by atoms with E-state index in [1.165, 1.54) is 24.9 Å². The molecule has 0 aliphatic carbocycles. The van der Waals surface area contributed by atoms with Gasteiger partial charge in [0.25, 0.3) is 0 Å². The minimum absolute atomic E-state index is 0.543. The number of nitrogens with zero attached hydrogens (tertiary/aromatic N) is 2. The molecule has 0 saturated carbocycles. The molecule has 0 spiro atoms. The summed E-state index contributed by atoms with van der Waals surface area (Å²) in [5.74, 6) is 0.543. The number of rotatable bonds is 3. The van der Waals surface area contributed by atoms with E-state index in [0.29, 0.717) is 5.84 Å². The average Bonchev–Trinajstić information content (AvgIpc) is 2.78. The fourth-order valence-corrected chi connectivity index (χ4v) is 2.22. The molecule has 1 heterocycles. The third-order valence-electron chi connectivity index (χ3n) is 2.43. The van der Waals surface area contributed by atoms with Crippen molar-refractivity contribution in [1.29, 1.82) is 0 Å². The number of nitrogens with two attached hydrogens (primary N) is 1. The topological polar surface area (TPSA) is 50.7 Å². The predicted octanol–water partition coefficient (Wildman–Crippen LogP) is 1.73. The Morgan fingerprint density at radius 3 is 3.00 bits per heavy atom. The van der Waals surface area contributed by atoms with Crippen LogP contribution in [0.2, 0.25) is 0 Å². The molecule has 1 aliphatic heterocycles. The minimum atomic E-state index is 0.543. The van der Waals surface area contributed by atoms with Gasteiger partial charge in [0.1, 0.15) is 0 Å². The van der Waals surface area contributed by atoms with Gasteiger partial charge in [-0.3, -0.25) is 0 Å². The van der Waals surface area contributed by atoms with Crippen molar-refractivity contribution in [3.05, 3.63) is 42.1 Å². The molecular formula is C13H12N3W-. The van der Waals surface area contributed by atoms with Crippen molar-refractivity contribution < 1.29 is 19.4 Å². The average molecular weight is 394 g/mol. The zero-order valence-electron chi connectivity index (χ0n) is 9.47. The first-order valence-corrected chi connectivity index (χ1v) is 6.71. The summed E-state index contributed by atoms with van der Waals surface area (Å²) in [6, 6.07) is 8.16. The van der Waals surface area contributed by atoms with Crippen LogP contribution in [0.3, 0.4) is 0 Å². The Morgan fingerprint density at radius 1 is 1.53 bits per heavy atom. The van der Waals surface area contributed by atoms with E-state index in [-0.39, 0.29) is 0 Å². The zero-order valence-corrected chi connectivity index (χ0v) is 12.4. The molecule has 0 amide bonds. The third-order valence-corrected chi connectivity index (χ3v) is 4.03. The van der Waals surface area contributed by atoms with E-state index in [4.69, 9.17) is 5.73 Å². The molecule has 0 unspecified atom stereocenters. The summed E-state index contributed by atoms with van der Waals surface area (Å²) in [5, 5.41) is 0. The fraction of sp³-hybridized carbons (Fsp3) is 0.154. The van der Waals surface area contributed by atoms with Gasteiger partial charge < -0.3 is 0 Å². The molecule has 0 bridgehead atoms. The Labute approximate surface area is 112 Å². The van der Waals surface area contributed by atoms with Gasteiger partial charge in [-0.1, -0.05) is 0 Å². The number of amidine groups is 1. The molecule has 0 radical (unpaired) electrons. The number of para-hydroxylation sites is 1. The van der Waals surface area contributed by atoms with Crippen molar-refractivity contribution >= 4 is 21.1 Å². The van der Waals surface area contributed by atoms with Crippen molar-refractivity contribution in [2.24, 2.45) is 15.7 Å². The van der Waals surface area contributed by atoms with Gasteiger partial charge >= 0.3 is 112 Å². The number of aliphatic imine (C=N–C) groups is 2. The Bertz CT molecular complexity index is 541. The number of benzene rings is 1. The Kier molecular flexibility index (Phi) is 3.80. The second kappa shape index (κ2) is 5.33. The van der Waals surface area contributed by atoms with Gasteiger partial charge in [-0.2, -0.15) is 0 Å². The first kappa shape index (κ1) is 12.1. The molecule has 2 rings (SSSR count). The normalized spacial score (nSPS) is 14.9. The quantitative estimate of drug-likeness (QED) is 0.474. The SMILES string of the molecule is C[C-]=CN=C(N)[C](=[W])C1=Nc2ccccc2C1. The van der Waals surface area contributed by atoms with E-state index in [9.17, 15) is 0 Å². The first-order chi connectivity index (χ1) is 8.22. The van der Waals surface area contributed by atoms with E-state index in [2.05, 4.69) is 22.1 Å². The van der Waals surface area contributed by atoms with Crippen LogP contribution in [0.15, 0.2) is 40.5 Å². The maximum atomic E-state index is 5.90. The standard InChI is InChI=1S/C13H12N3.W/c1-2-7-15-13(14)9-11-8-10-5-3-4-6-12(10)16-11;/h3-7H,8H2,1H3,(H2,14,15);/q-1;. The molecular weight excluding hydrogens is 382 g/mol. The van der Waals surface area contributed by atoms with Gasteiger partial charge in [0.15, 0.2) is 0 Å². The van der Waals surface area contributed by atoms with Crippen molar-refractivity contribution in [3.63, 3.8) is 0 Å². The van der Waals surface area contributed by atoms with E-state index < -0.39 is 0 Å². The monoisotopic (exact) mass is 394 g/mol. The molecule has 1 aliphatic rings. The van der Waals surface area contributed by atoms with Crippen LogP contribution in [-0.4, -0.2) is 15.4 Å². The number of fused-ring (bicyclic) bond motifs is 1. The van der Waals surface area contributed by atoms with Gasteiger partial charge in [0.2, 0.25) is 0 Å². The summed E-state index contributed by atoms with van der Waals surface area (Å²) in [6.45, 7) is 1.79. The molecule has 3 nitrogen and oxygen atoms in total. The summed E-state index contributed by atoms with van der Waals surface area (Å²) in [4.78, 5) is 8.70. The molecule has 2 N–H and O–H groups in total. The second-order valence-electron chi connectivity index (χ2n) is 3.63. The summed E-state index contributed by atoms with van der Waals surface area (Å²) in [7, 11) is 0. The van der Waals surface area contributed by atoms with E-state index in [0.717, 1.165) is 21.7 Å². The van der Waals surface area contributed by atoms with Crippen LogP contribution in [0, 0.1) is 6.08 Å². The van der Waals surface area contributed by atoms with Crippen molar-refractivity contribution in [1.82, 2.24) is 0 Å². The van der Waals surface area contributed by atoms with Crippen LogP contribution in [0.4, 0.5) is 5.69 Å². The summed E-state index contributed by atoms with van der Waals surface area (Å²) >= 11 is 1.29. The summed E-state index contributed by atoms with van der Waals surface area (Å²) in [6.07, 6.45) is 5.26. The van der Waals surface area contributed by atoms with E-state index in [1.54, 1.807) is 13.1 Å². The van der Waals surface area contributed by atoms with Crippen LogP contribution in [0.5, 0.6) is 0 Å². The number of hydrogen-bond acceptors (Lipinski definition) is 2. The summed E-state index contributed by atoms with van der Waals surface area (Å²) in [5.41, 5.74) is 9.24. The second-order valence-corrected chi connectivity index (χ2v) is 5.09. The predicted molar refractivity (Wildman–Crippen MR) is 67.4 cm³/mol. The van der Waals surface area contributed by atoms with Crippen molar-refractivity contribution in [2.45, 2.75) is 13.3 Å². The number of allylic oxidation sites excluding steroid dienone is 1. The van der Waals surface area contributed by atoms with Crippen molar-refractivity contribution in [2.75, 3.05) is 0 Å². The van der Waals surface area contributed by atoms with Crippen LogP contribution < -0.4 is 5.73 Å². The van der Waals surface area contributed by atoms with E-state index in [1.807, 2.05) is 18.2 Å². The molecule has 0 saturated heterocycles. The maximum absolute atomic E-state index is 5.90. The molecule has 1 aromatic rings. The van der Waals surface area contributed by atoms with Gasteiger partial charge in [-0.25, -0.2) is 0 Å². The molecule has 0 aromatic heterocycles. The van der Waals surface area contributed by atoms with Crippen LogP contribution in [0.1, 0.15) is 12.5 Å². The fourth-order valence-electron chi connectivity index (χ4n) is 1.61. The van der Waals surface area contributed by atoms with E-state index >= 15 is 0 Å². The molecule has 1 aromatic carbocycles. The van der Waals surface area contributed by atoms with Gasteiger partial charge in [-0.15, -0.1) is 0 Å². The van der Waals surface area contributed by atoms with Crippen LogP contribution in [0.25, 0.3) is 0 Å². The number of hydrogen-bond donors (Lipinski definition) is 1. The third kappa shape index (κ3) is 2.67. The van der Waals surface area contributed by atoms with Crippen molar-refractivity contribution in [3.8, 4) is 0 Å². The Morgan fingerprint density at radius 2 is 2.29 bits per heavy atom. The molecule has 4 heteroatoms. The van der Waals surface area contributed by atoms with Crippen LogP contribution in [-0.2, 0) is 25.8 Å². The zero-order chi connectivity index (χ0) is 12.3. The van der Waals surface area contributed by atoms with Gasteiger partial charge in [0.05, 0.1) is 0 Å². The first-order valence-electron chi connectivity index (χ1n) is 5.24.